The highest BCUT2D eigenvalue weighted by Gasteiger charge is 2.11. The number of ether oxygens (including phenoxy) is 1. The van der Waals surface area contributed by atoms with E-state index in [0.717, 1.165) is 0 Å². The molecule has 0 heterocycles. The topological polar surface area (TPSA) is 78.3 Å². The fourth-order valence-electron chi connectivity index (χ4n) is 1.52. The number of primary amides is 1. The third kappa shape index (κ3) is 3.10. The summed E-state index contributed by atoms with van der Waals surface area (Å²) in [5.74, 6) is 0.0164. The van der Waals surface area contributed by atoms with Crippen LogP contribution in [-0.4, -0.2) is 5.91 Å². The van der Waals surface area contributed by atoms with Crippen molar-refractivity contribution in [2.75, 3.05) is 5.73 Å². The highest BCUT2D eigenvalue weighted by Crippen LogP contribution is 2.36. The summed E-state index contributed by atoms with van der Waals surface area (Å²) in [5.41, 5.74) is 11.3. The van der Waals surface area contributed by atoms with Gasteiger partial charge in [0.25, 0.3) is 5.91 Å². The summed E-state index contributed by atoms with van der Waals surface area (Å²) in [6.07, 6.45) is 0. The molecule has 0 fully saturated rings. The van der Waals surface area contributed by atoms with Crippen LogP contribution in [0.5, 0.6) is 11.5 Å². The van der Waals surface area contributed by atoms with Crippen LogP contribution in [0.3, 0.4) is 0 Å². The molecule has 0 bridgehead atoms. The molecule has 0 saturated heterocycles. The summed E-state index contributed by atoms with van der Waals surface area (Å²) in [4.78, 5) is 11.2. The molecule has 0 aliphatic heterocycles. The predicted octanol–water partition coefficient (Wildman–Crippen LogP) is 4.12. The minimum Gasteiger partial charge on any atom is -0.456 e. The lowest BCUT2D eigenvalue weighted by atomic mass is 10.1. The van der Waals surface area contributed by atoms with Gasteiger partial charge in [0.2, 0.25) is 0 Å². The molecule has 0 radical (unpaired) electrons. The van der Waals surface area contributed by atoms with E-state index in [0.29, 0.717) is 21.5 Å². The minimum absolute atomic E-state index is 0.165. The molecular weight excluding hydrogens is 323 g/mol. The van der Waals surface area contributed by atoms with Crippen LogP contribution in [0, 0.1) is 0 Å². The first kappa shape index (κ1) is 14.8. The molecule has 4 nitrogen and oxygen atoms in total. The fraction of sp³-hybridized carbons (Fsp3) is 0. The van der Waals surface area contributed by atoms with E-state index in [1.54, 1.807) is 6.07 Å². The van der Waals surface area contributed by atoms with Crippen molar-refractivity contribution in [3.63, 3.8) is 0 Å². The van der Waals surface area contributed by atoms with Gasteiger partial charge in [0.15, 0.2) is 0 Å². The zero-order chi connectivity index (χ0) is 14.9. The van der Waals surface area contributed by atoms with Crippen molar-refractivity contribution >= 4 is 46.4 Å². The van der Waals surface area contributed by atoms with Crippen LogP contribution in [0.25, 0.3) is 0 Å². The highest BCUT2D eigenvalue weighted by molar-refractivity contribution is 6.43. The van der Waals surface area contributed by atoms with Gasteiger partial charge >= 0.3 is 0 Å². The third-order valence-electron chi connectivity index (χ3n) is 2.49. The average Bonchev–Trinajstić information content (AvgIpc) is 2.37. The summed E-state index contributed by atoms with van der Waals surface area (Å²) in [6, 6.07) is 7.47. The second-order valence-electron chi connectivity index (χ2n) is 3.91. The second kappa shape index (κ2) is 5.79. The van der Waals surface area contributed by atoms with E-state index in [-0.39, 0.29) is 16.3 Å². The molecule has 4 N–H and O–H groups in total. The quantitative estimate of drug-likeness (QED) is 0.656. The number of carbonyl (C=O) groups is 1. The minimum atomic E-state index is -0.645. The predicted molar refractivity (Wildman–Crippen MR) is 80.9 cm³/mol. The number of halogens is 3. The van der Waals surface area contributed by atoms with E-state index < -0.39 is 5.91 Å². The number of anilines is 1. The van der Waals surface area contributed by atoms with E-state index in [4.69, 9.17) is 51.0 Å². The van der Waals surface area contributed by atoms with E-state index in [2.05, 4.69) is 0 Å². The van der Waals surface area contributed by atoms with Crippen molar-refractivity contribution in [2.45, 2.75) is 0 Å². The van der Waals surface area contributed by atoms with Gasteiger partial charge in [0, 0.05) is 11.8 Å². The van der Waals surface area contributed by atoms with Gasteiger partial charge in [0.1, 0.15) is 11.5 Å². The maximum absolute atomic E-state index is 11.2. The molecular formula is C13H9Cl3N2O2. The van der Waals surface area contributed by atoms with Crippen molar-refractivity contribution in [1.82, 2.24) is 0 Å². The average molecular weight is 332 g/mol. The fourth-order valence-corrected chi connectivity index (χ4v) is 2.10. The number of nitrogen functional groups attached to an aromatic ring is 1. The van der Waals surface area contributed by atoms with Gasteiger partial charge in [-0.1, -0.05) is 34.8 Å². The number of hydrogen-bond acceptors (Lipinski definition) is 3. The largest absolute Gasteiger partial charge is 0.456 e. The smallest absolute Gasteiger partial charge is 0.250 e. The zero-order valence-corrected chi connectivity index (χ0v) is 12.3. The van der Waals surface area contributed by atoms with Gasteiger partial charge in [-0.2, -0.15) is 0 Å². The molecule has 0 saturated carbocycles. The van der Waals surface area contributed by atoms with Crippen LogP contribution in [0.1, 0.15) is 10.4 Å². The molecule has 0 aliphatic rings. The van der Waals surface area contributed by atoms with Crippen LogP contribution in [0.4, 0.5) is 5.69 Å². The summed E-state index contributed by atoms with van der Waals surface area (Å²) in [6.45, 7) is 0. The molecule has 0 aromatic heterocycles. The molecule has 0 atom stereocenters. The summed E-state index contributed by atoms with van der Waals surface area (Å²) in [7, 11) is 0. The highest BCUT2D eigenvalue weighted by atomic mass is 35.5. The molecule has 1 amide bonds. The number of amides is 1. The van der Waals surface area contributed by atoms with Crippen molar-refractivity contribution in [2.24, 2.45) is 5.73 Å². The first-order valence-electron chi connectivity index (χ1n) is 5.40. The number of carbonyl (C=O) groups excluding carboxylic acids is 1. The number of rotatable bonds is 3. The lowest BCUT2D eigenvalue weighted by Crippen LogP contribution is -2.13. The first-order chi connectivity index (χ1) is 9.38. The van der Waals surface area contributed by atoms with Crippen molar-refractivity contribution in [3.8, 4) is 11.5 Å². The third-order valence-corrected chi connectivity index (χ3v) is 3.51. The van der Waals surface area contributed by atoms with Crippen LogP contribution >= 0.6 is 34.8 Å². The van der Waals surface area contributed by atoms with Crippen LogP contribution in [0.15, 0.2) is 30.3 Å². The van der Waals surface area contributed by atoms with Crippen molar-refractivity contribution in [1.29, 1.82) is 0 Å². The molecule has 104 valence electrons. The van der Waals surface area contributed by atoms with Crippen molar-refractivity contribution < 1.29 is 9.53 Å². The Hall–Kier alpha value is -1.62. The van der Waals surface area contributed by atoms with Gasteiger partial charge in [-0.15, -0.1) is 0 Å². The normalized spacial score (nSPS) is 10.3. The summed E-state index contributed by atoms with van der Waals surface area (Å²) >= 11 is 17.7. The summed E-state index contributed by atoms with van der Waals surface area (Å²) in [5, 5.41) is 0.910. The molecule has 0 spiro atoms. The Morgan fingerprint density at radius 2 is 1.65 bits per heavy atom. The number of hydrogen-bond donors (Lipinski definition) is 2. The van der Waals surface area contributed by atoms with E-state index in [1.165, 1.54) is 24.3 Å². The Morgan fingerprint density at radius 1 is 1.00 bits per heavy atom. The van der Waals surface area contributed by atoms with Gasteiger partial charge in [-0.25, -0.2) is 0 Å². The standard InChI is InChI=1S/C13H9Cl3N2O2/c14-8-4-10(16)12(5-9(8)15)20-6-1-2-11(17)7(3-6)13(18)19/h1-5H,17H2,(H2,18,19). The van der Waals surface area contributed by atoms with Gasteiger partial charge in [0.05, 0.1) is 20.6 Å². The Balaban J connectivity index is 2.38. The Morgan fingerprint density at radius 3 is 2.30 bits per heavy atom. The SMILES string of the molecule is NC(=O)c1cc(Oc2cc(Cl)c(Cl)cc2Cl)ccc1N. The molecule has 2 aromatic carbocycles. The lowest BCUT2D eigenvalue weighted by Gasteiger charge is -2.10. The summed E-state index contributed by atoms with van der Waals surface area (Å²) < 4.78 is 5.55. The lowest BCUT2D eigenvalue weighted by molar-refractivity contribution is 0.100. The zero-order valence-electron chi connectivity index (χ0n) is 9.99. The number of benzene rings is 2. The van der Waals surface area contributed by atoms with E-state index in [1.807, 2.05) is 0 Å². The van der Waals surface area contributed by atoms with Gasteiger partial charge in [-0.05, 0) is 24.3 Å². The second-order valence-corrected chi connectivity index (χ2v) is 5.13. The van der Waals surface area contributed by atoms with E-state index >= 15 is 0 Å². The number of nitrogens with two attached hydrogens (primary N) is 2. The van der Waals surface area contributed by atoms with Crippen molar-refractivity contribution in [3.05, 3.63) is 51.0 Å². The van der Waals surface area contributed by atoms with Crippen LogP contribution in [-0.2, 0) is 0 Å². The maximum Gasteiger partial charge on any atom is 0.250 e. The monoisotopic (exact) mass is 330 g/mol. The van der Waals surface area contributed by atoms with E-state index in [9.17, 15) is 4.79 Å². The first-order valence-corrected chi connectivity index (χ1v) is 6.53. The molecule has 2 aromatic rings. The molecule has 20 heavy (non-hydrogen) atoms. The van der Waals surface area contributed by atoms with Crippen LogP contribution in [0.2, 0.25) is 15.1 Å². The van der Waals surface area contributed by atoms with Gasteiger partial charge < -0.3 is 16.2 Å². The maximum atomic E-state index is 11.2. The molecule has 0 unspecified atom stereocenters. The molecule has 2 rings (SSSR count). The Kier molecular flexibility index (Phi) is 4.28. The Labute approximate surface area is 130 Å². The molecule has 0 aliphatic carbocycles. The molecule has 7 heteroatoms. The van der Waals surface area contributed by atoms with Crippen LogP contribution < -0.4 is 16.2 Å². The Bertz CT molecular complexity index is 690. The van der Waals surface area contributed by atoms with Gasteiger partial charge in [-0.3, -0.25) is 4.79 Å².